The van der Waals surface area contributed by atoms with Crippen LogP contribution in [0.3, 0.4) is 0 Å². The second kappa shape index (κ2) is 20.0. The SMILES string of the molecule is CC(=O)Nc1ccc(S[C@@H]2O[C@H](COS(=O)(=O)O)[C@@H](O[C@@H]3O[C@H](COS(=O)(=O)O)[C@@H](OS(=O)(=O)O)[C@H](OS(=O)(=O)O)[C@H]3OS(=O)(=O)O)[C@H](OS(=O)(=O)O)[C@H]2OS(=O)(=O)O)cc1. The van der Waals surface area contributed by atoms with E-state index in [1.165, 1.54) is 24.3 Å². The topological polar surface area (TPSA) is 502 Å². The van der Waals surface area contributed by atoms with Crippen LogP contribution in [0.5, 0.6) is 0 Å². The molecule has 33 nitrogen and oxygen atoms in total. The molecule has 1 aromatic rings. The average molecular weight is 1050 g/mol. The zero-order chi connectivity index (χ0) is 46.7. The average Bonchev–Trinajstić information content (AvgIpc) is 3.01. The number of carbonyl (C=O) groups is 1. The van der Waals surface area contributed by atoms with Gasteiger partial charge in [-0.05, 0) is 24.3 Å². The highest BCUT2D eigenvalue weighted by Crippen LogP contribution is 2.41. The maximum absolute atomic E-state index is 12.2. The minimum Gasteiger partial charge on any atom is -0.356 e. The smallest absolute Gasteiger partial charge is 0.356 e. The summed E-state index contributed by atoms with van der Waals surface area (Å²) >= 11 is 0.294. The molecule has 0 unspecified atom stereocenters. The maximum Gasteiger partial charge on any atom is 0.397 e. The van der Waals surface area contributed by atoms with Gasteiger partial charge in [0.1, 0.15) is 48.2 Å². The lowest BCUT2D eigenvalue weighted by Crippen LogP contribution is -2.66. The van der Waals surface area contributed by atoms with E-state index in [2.05, 4.69) is 34.6 Å². The van der Waals surface area contributed by atoms with Gasteiger partial charge in [0.25, 0.3) is 0 Å². The molecule has 3 rings (SSSR count). The highest BCUT2D eigenvalue weighted by atomic mass is 32.3. The number of nitrogens with one attached hydrogen (secondary N) is 1. The van der Waals surface area contributed by atoms with Crippen LogP contribution in [0.25, 0.3) is 0 Å². The summed E-state index contributed by atoms with van der Waals surface area (Å²) in [6.45, 7) is -2.38. The lowest BCUT2D eigenvalue weighted by molar-refractivity contribution is -0.325. The molecule has 2 heterocycles. The molecule has 2 aliphatic rings. The predicted octanol–water partition coefficient (Wildman–Crippen LogP) is -3.85. The summed E-state index contributed by atoms with van der Waals surface area (Å²) in [5.74, 6) is -0.545. The van der Waals surface area contributed by atoms with Crippen LogP contribution in [-0.4, -0.2) is 170 Å². The van der Waals surface area contributed by atoms with Crippen LogP contribution in [0, 0.1) is 0 Å². The summed E-state index contributed by atoms with van der Waals surface area (Å²) in [5.41, 5.74) is -2.03. The molecule has 354 valence electrons. The largest absolute Gasteiger partial charge is 0.397 e. The van der Waals surface area contributed by atoms with E-state index >= 15 is 0 Å². The highest BCUT2D eigenvalue weighted by molar-refractivity contribution is 7.99. The standard InChI is InChI=1S/C20H29NO32S8/c1-8(22)21-9-2-4-10(5-3-9)54-20-18(53-61(41,42)43)15(50-58(32,33)34)13(11(47-20)6-44-55(23,24)25)48-19-17(52-60(38,39)40)16(51-59(35,36)37)14(49-57(29,30)31)12(46-19)7-45-56(26,27)28/h2-5,11-20H,6-7H2,1H3,(H,21,22)(H,23,24,25)(H,26,27,28)(H,29,30,31)(H,32,33,34)(H,35,36,37)(H,38,39,40)(H,41,42,43)/t11-,12-,13-,14-,15+,16+,17-,18-,19+,20+/m1/s1. The third kappa shape index (κ3) is 19.3. The number of hydrogen-bond acceptors (Lipinski definition) is 26. The Labute approximate surface area is 348 Å². The quantitative estimate of drug-likeness (QED) is 0.0547. The van der Waals surface area contributed by atoms with Gasteiger partial charge in [0, 0.05) is 17.5 Å². The van der Waals surface area contributed by atoms with Crippen LogP contribution in [0.15, 0.2) is 29.2 Å². The molecule has 0 radical (unpaired) electrons. The van der Waals surface area contributed by atoms with Crippen LogP contribution < -0.4 is 5.32 Å². The van der Waals surface area contributed by atoms with Gasteiger partial charge in [0.05, 0.1) is 13.2 Å². The summed E-state index contributed by atoms with van der Waals surface area (Å²) < 4.78 is 278. The number of anilines is 1. The van der Waals surface area contributed by atoms with E-state index in [1.54, 1.807) is 0 Å². The third-order valence-electron chi connectivity index (χ3n) is 6.83. The molecule has 0 saturated carbocycles. The number of amides is 1. The first-order chi connectivity index (χ1) is 27.4. The molecule has 1 amide bonds. The zero-order valence-corrected chi connectivity index (χ0v) is 35.6. The Kier molecular flexibility index (Phi) is 17.5. The normalized spacial score (nSPS) is 28.6. The van der Waals surface area contributed by atoms with Crippen LogP contribution in [0.2, 0.25) is 0 Å². The molecule has 10 atom stereocenters. The molecule has 1 aromatic carbocycles. The monoisotopic (exact) mass is 1050 g/mol. The van der Waals surface area contributed by atoms with Crippen molar-refractivity contribution in [3.05, 3.63) is 24.3 Å². The van der Waals surface area contributed by atoms with E-state index in [0.717, 1.165) is 6.92 Å². The lowest BCUT2D eigenvalue weighted by atomic mass is 9.97. The molecule has 0 aromatic heterocycles. The minimum absolute atomic E-state index is 0.0450. The van der Waals surface area contributed by atoms with Gasteiger partial charge in [-0.15, -0.1) is 0 Å². The fourth-order valence-corrected chi connectivity index (χ4v) is 9.33. The minimum atomic E-state index is -6.13. The van der Waals surface area contributed by atoms with E-state index < -0.39 is 152 Å². The van der Waals surface area contributed by atoms with E-state index in [-0.39, 0.29) is 10.6 Å². The first kappa shape index (κ1) is 53.3. The van der Waals surface area contributed by atoms with Crippen LogP contribution in [0.1, 0.15) is 6.92 Å². The van der Waals surface area contributed by atoms with Crippen molar-refractivity contribution in [3.8, 4) is 0 Å². The number of carbonyl (C=O) groups excluding carboxylic acids is 1. The molecule has 0 bridgehead atoms. The molecule has 2 aliphatic heterocycles. The lowest BCUT2D eigenvalue weighted by Gasteiger charge is -2.48. The maximum atomic E-state index is 12.2. The van der Waals surface area contributed by atoms with Crippen molar-refractivity contribution >= 4 is 96.1 Å². The molecular formula is C20H29NO32S8. The van der Waals surface area contributed by atoms with Gasteiger partial charge < -0.3 is 19.5 Å². The Morgan fingerprint density at radius 3 is 1.33 bits per heavy atom. The van der Waals surface area contributed by atoms with Gasteiger partial charge in [0.2, 0.25) is 5.91 Å². The molecule has 0 spiro atoms. The molecule has 2 fully saturated rings. The second-order valence-corrected chi connectivity index (χ2v) is 20.0. The summed E-state index contributed by atoms with van der Waals surface area (Å²) in [6.07, 6.45) is -26.7. The van der Waals surface area contributed by atoms with Gasteiger partial charge in [-0.3, -0.25) is 36.7 Å². The number of ether oxygens (including phenoxy) is 3. The van der Waals surface area contributed by atoms with Gasteiger partial charge in [-0.1, -0.05) is 11.8 Å². The summed E-state index contributed by atoms with van der Waals surface area (Å²) in [7, 11) is -41.4. The third-order valence-corrected chi connectivity index (χ3v) is 11.2. The second-order valence-electron chi connectivity index (χ2n) is 11.4. The molecule has 0 aliphatic carbocycles. The highest BCUT2D eigenvalue weighted by Gasteiger charge is 2.58. The van der Waals surface area contributed by atoms with Crippen molar-refractivity contribution < 1.29 is 139 Å². The Hall–Kier alpha value is -1.99. The Morgan fingerprint density at radius 2 is 0.918 bits per heavy atom. The van der Waals surface area contributed by atoms with Crippen molar-refractivity contribution in [1.82, 2.24) is 0 Å². The number of benzene rings is 1. The molecule has 41 heteroatoms. The number of rotatable bonds is 21. The van der Waals surface area contributed by atoms with Crippen molar-refractivity contribution in [2.45, 2.75) is 72.4 Å². The molecular weight excluding hydrogens is 1020 g/mol. The van der Waals surface area contributed by atoms with E-state index in [4.69, 9.17) is 18.8 Å². The first-order valence-electron chi connectivity index (χ1n) is 14.9. The molecule has 2 saturated heterocycles. The summed E-state index contributed by atoms with van der Waals surface area (Å²) in [4.78, 5) is 11.4. The van der Waals surface area contributed by atoms with Gasteiger partial charge in [0.15, 0.2) is 12.4 Å². The van der Waals surface area contributed by atoms with E-state index in [0.29, 0.717) is 11.8 Å². The summed E-state index contributed by atoms with van der Waals surface area (Å²) in [6, 6.07) is 4.81. The van der Waals surface area contributed by atoms with Crippen molar-refractivity contribution in [3.63, 3.8) is 0 Å². The van der Waals surface area contributed by atoms with Crippen molar-refractivity contribution in [1.29, 1.82) is 0 Å². The fourth-order valence-electron chi connectivity index (χ4n) is 5.05. The predicted molar refractivity (Wildman–Crippen MR) is 186 cm³/mol. The van der Waals surface area contributed by atoms with Crippen molar-refractivity contribution in [2.24, 2.45) is 0 Å². The van der Waals surface area contributed by atoms with Crippen LogP contribution in [-0.2, 0) is 121 Å². The van der Waals surface area contributed by atoms with Crippen molar-refractivity contribution in [2.75, 3.05) is 18.5 Å². The van der Waals surface area contributed by atoms with Crippen LogP contribution in [0.4, 0.5) is 5.69 Å². The van der Waals surface area contributed by atoms with E-state index in [1.807, 2.05) is 0 Å². The zero-order valence-electron chi connectivity index (χ0n) is 29.1. The fraction of sp³-hybridized carbons (Fsp3) is 0.650. The van der Waals surface area contributed by atoms with Gasteiger partial charge in [-0.2, -0.15) is 58.9 Å². The number of thioether (sulfide) groups is 1. The Morgan fingerprint density at radius 1 is 0.541 bits per heavy atom. The molecule has 61 heavy (non-hydrogen) atoms. The summed E-state index contributed by atoms with van der Waals surface area (Å²) in [5, 5.41) is 2.38. The van der Waals surface area contributed by atoms with Gasteiger partial charge in [-0.25, -0.2) is 29.3 Å². The molecule has 8 N–H and O–H groups in total. The Bertz CT molecular complexity index is 2510. The van der Waals surface area contributed by atoms with Crippen LogP contribution >= 0.6 is 11.8 Å². The number of hydrogen-bond donors (Lipinski definition) is 8. The first-order valence-corrected chi connectivity index (χ1v) is 25.3. The van der Waals surface area contributed by atoms with E-state index in [9.17, 15) is 91.0 Å². The van der Waals surface area contributed by atoms with Gasteiger partial charge >= 0.3 is 72.8 Å². The Balaban J connectivity index is 2.34.